The maximum absolute atomic E-state index is 12.6. The van der Waals surface area contributed by atoms with Gasteiger partial charge in [0.05, 0.1) is 11.9 Å². The molecule has 1 fully saturated rings. The van der Waals surface area contributed by atoms with E-state index in [0.717, 1.165) is 17.7 Å². The van der Waals surface area contributed by atoms with Crippen LogP contribution in [0.4, 0.5) is 0 Å². The summed E-state index contributed by atoms with van der Waals surface area (Å²) >= 11 is 0. The Hall–Kier alpha value is -3.02. The first-order chi connectivity index (χ1) is 12.6. The number of amides is 2. The molecule has 0 N–H and O–H groups in total. The van der Waals surface area contributed by atoms with Gasteiger partial charge in [0.25, 0.3) is 5.91 Å². The van der Waals surface area contributed by atoms with Crippen LogP contribution >= 0.6 is 0 Å². The summed E-state index contributed by atoms with van der Waals surface area (Å²) in [5.41, 5.74) is 2.11. The molecule has 0 aliphatic carbocycles. The summed E-state index contributed by atoms with van der Waals surface area (Å²) in [6.45, 7) is 4.10. The molecule has 2 aromatic rings. The molecular weight excluding hydrogens is 328 g/mol. The van der Waals surface area contributed by atoms with Crippen molar-refractivity contribution in [3.63, 3.8) is 0 Å². The number of carbonyl (C=O) groups excluding carboxylic acids is 2. The number of aromatic nitrogens is 2. The predicted molar refractivity (Wildman–Crippen MR) is 99.3 cm³/mol. The first-order valence-electron chi connectivity index (χ1n) is 8.73. The van der Waals surface area contributed by atoms with Crippen molar-refractivity contribution < 1.29 is 9.59 Å². The average Bonchev–Trinajstić information content (AvgIpc) is 2.93. The fraction of sp³-hybridized carbons (Fsp3) is 0.300. The highest BCUT2D eigenvalue weighted by atomic mass is 16.2. The third-order valence-electron chi connectivity index (χ3n) is 4.31. The molecule has 1 aliphatic rings. The summed E-state index contributed by atoms with van der Waals surface area (Å²) < 4.78 is 0. The van der Waals surface area contributed by atoms with Gasteiger partial charge in [-0.25, -0.2) is 4.98 Å². The molecule has 1 aliphatic heterocycles. The molecule has 3 rings (SSSR count). The molecule has 0 unspecified atom stereocenters. The van der Waals surface area contributed by atoms with Gasteiger partial charge in [0.2, 0.25) is 5.91 Å². The Balaban J connectivity index is 1.59. The van der Waals surface area contributed by atoms with Crippen molar-refractivity contribution >= 4 is 17.9 Å². The highest BCUT2D eigenvalue weighted by Crippen LogP contribution is 2.09. The summed E-state index contributed by atoms with van der Waals surface area (Å²) in [6.07, 6.45) is 7.26. The highest BCUT2D eigenvalue weighted by molar-refractivity contribution is 5.93. The van der Waals surface area contributed by atoms with Crippen LogP contribution < -0.4 is 0 Å². The second-order valence-corrected chi connectivity index (χ2v) is 6.26. The Bertz CT molecular complexity index is 787. The van der Waals surface area contributed by atoms with Gasteiger partial charge in [0.15, 0.2) is 0 Å². The van der Waals surface area contributed by atoms with Gasteiger partial charge < -0.3 is 9.80 Å². The third-order valence-corrected chi connectivity index (χ3v) is 4.31. The second-order valence-electron chi connectivity index (χ2n) is 6.26. The first kappa shape index (κ1) is 17.8. The molecule has 2 amide bonds. The number of hydrogen-bond donors (Lipinski definition) is 0. The Morgan fingerprint density at radius 1 is 0.962 bits per heavy atom. The largest absolute Gasteiger partial charge is 0.337 e. The number of benzene rings is 1. The molecule has 6 heteroatoms. The Kier molecular flexibility index (Phi) is 5.73. The van der Waals surface area contributed by atoms with Crippen molar-refractivity contribution in [2.24, 2.45) is 0 Å². The lowest BCUT2D eigenvalue weighted by molar-refractivity contribution is -0.125. The Morgan fingerprint density at radius 3 is 2.42 bits per heavy atom. The minimum atomic E-state index is -0.133. The second kappa shape index (κ2) is 8.38. The maximum Gasteiger partial charge on any atom is 0.274 e. The summed E-state index contributed by atoms with van der Waals surface area (Å²) in [6, 6.07) is 9.73. The zero-order valence-electron chi connectivity index (χ0n) is 14.8. The van der Waals surface area contributed by atoms with Crippen LogP contribution in [0.1, 0.15) is 28.2 Å². The molecule has 1 aromatic carbocycles. The maximum atomic E-state index is 12.6. The standard InChI is InChI=1S/C20H22N4O2/c1-16-14-22-18(15-21-16)20(26)24-11-5-10-23(12-13-24)19(25)9-8-17-6-3-2-4-7-17/h2-4,6-9,14-15H,5,10-13H2,1H3/b9-8+. The quantitative estimate of drug-likeness (QED) is 0.796. The molecular formula is C20H22N4O2. The monoisotopic (exact) mass is 350 g/mol. The van der Waals surface area contributed by atoms with E-state index < -0.39 is 0 Å². The third kappa shape index (κ3) is 4.53. The minimum Gasteiger partial charge on any atom is -0.337 e. The molecule has 6 nitrogen and oxygen atoms in total. The van der Waals surface area contributed by atoms with Gasteiger partial charge in [-0.15, -0.1) is 0 Å². The van der Waals surface area contributed by atoms with E-state index in [2.05, 4.69) is 9.97 Å². The first-order valence-corrected chi connectivity index (χ1v) is 8.73. The van der Waals surface area contributed by atoms with E-state index in [9.17, 15) is 9.59 Å². The lowest BCUT2D eigenvalue weighted by atomic mass is 10.2. The topological polar surface area (TPSA) is 66.4 Å². The molecule has 2 heterocycles. The van der Waals surface area contributed by atoms with Crippen molar-refractivity contribution in [2.45, 2.75) is 13.3 Å². The smallest absolute Gasteiger partial charge is 0.274 e. The lowest BCUT2D eigenvalue weighted by Gasteiger charge is -2.21. The van der Waals surface area contributed by atoms with Crippen molar-refractivity contribution in [2.75, 3.05) is 26.2 Å². The van der Waals surface area contributed by atoms with E-state index in [1.807, 2.05) is 43.3 Å². The van der Waals surface area contributed by atoms with E-state index in [-0.39, 0.29) is 11.8 Å². The van der Waals surface area contributed by atoms with Crippen LogP contribution in [0, 0.1) is 6.92 Å². The van der Waals surface area contributed by atoms with Crippen LogP contribution in [0.3, 0.4) is 0 Å². The van der Waals surface area contributed by atoms with E-state index in [1.54, 1.807) is 22.1 Å². The summed E-state index contributed by atoms with van der Waals surface area (Å²) in [5.74, 6) is -0.162. The van der Waals surface area contributed by atoms with Crippen molar-refractivity contribution in [1.82, 2.24) is 19.8 Å². The SMILES string of the molecule is Cc1cnc(C(=O)N2CCCN(C(=O)/C=C/c3ccccc3)CC2)cn1. The molecule has 1 aromatic heterocycles. The minimum absolute atomic E-state index is 0.0294. The number of nitrogens with zero attached hydrogens (tertiary/aromatic N) is 4. The van der Waals surface area contributed by atoms with Crippen molar-refractivity contribution in [1.29, 1.82) is 0 Å². The Morgan fingerprint density at radius 2 is 1.69 bits per heavy atom. The Labute approximate surface area is 153 Å². The summed E-state index contributed by atoms with van der Waals surface area (Å²) in [4.78, 5) is 36.8. The van der Waals surface area contributed by atoms with Gasteiger partial charge in [0.1, 0.15) is 5.69 Å². The van der Waals surface area contributed by atoms with Crippen LogP contribution in [0.25, 0.3) is 6.08 Å². The fourth-order valence-electron chi connectivity index (χ4n) is 2.84. The zero-order chi connectivity index (χ0) is 18.4. The predicted octanol–water partition coefficient (Wildman–Crippen LogP) is 2.17. The van der Waals surface area contributed by atoms with Gasteiger partial charge in [-0.3, -0.25) is 14.6 Å². The van der Waals surface area contributed by atoms with Crippen molar-refractivity contribution in [3.05, 3.63) is 65.8 Å². The van der Waals surface area contributed by atoms with Gasteiger partial charge in [-0.2, -0.15) is 0 Å². The van der Waals surface area contributed by atoms with Crippen LogP contribution in [0.2, 0.25) is 0 Å². The fourth-order valence-corrected chi connectivity index (χ4v) is 2.84. The molecule has 26 heavy (non-hydrogen) atoms. The van der Waals surface area contributed by atoms with E-state index in [4.69, 9.17) is 0 Å². The number of carbonyl (C=O) groups is 2. The van der Waals surface area contributed by atoms with E-state index in [1.165, 1.54) is 6.20 Å². The number of rotatable bonds is 3. The van der Waals surface area contributed by atoms with Gasteiger partial charge in [-0.1, -0.05) is 30.3 Å². The highest BCUT2D eigenvalue weighted by Gasteiger charge is 2.22. The van der Waals surface area contributed by atoms with E-state index in [0.29, 0.717) is 31.9 Å². The van der Waals surface area contributed by atoms with Gasteiger partial charge in [-0.05, 0) is 25.0 Å². The zero-order valence-corrected chi connectivity index (χ0v) is 14.8. The molecule has 0 spiro atoms. The molecule has 0 saturated carbocycles. The van der Waals surface area contributed by atoms with Gasteiger partial charge >= 0.3 is 0 Å². The molecule has 134 valence electrons. The number of aryl methyl sites for hydroxylation is 1. The van der Waals surface area contributed by atoms with Crippen LogP contribution in [-0.4, -0.2) is 57.8 Å². The van der Waals surface area contributed by atoms with Crippen molar-refractivity contribution in [3.8, 4) is 0 Å². The summed E-state index contributed by atoms with van der Waals surface area (Å²) in [7, 11) is 0. The van der Waals surface area contributed by atoms with Crippen LogP contribution in [-0.2, 0) is 4.79 Å². The van der Waals surface area contributed by atoms with E-state index >= 15 is 0 Å². The van der Waals surface area contributed by atoms with Gasteiger partial charge in [0, 0.05) is 38.5 Å². The normalized spacial score (nSPS) is 15.1. The summed E-state index contributed by atoms with van der Waals surface area (Å²) in [5, 5.41) is 0. The molecule has 0 bridgehead atoms. The molecule has 1 saturated heterocycles. The number of hydrogen-bond acceptors (Lipinski definition) is 4. The van der Waals surface area contributed by atoms with Crippen LogP contribution in [0.5, 0.6) is 0 Å². The molecule has 0 radical (unpaired) electrons. The lowest BCUT2D eigenvalue weighted by Crippen LogP contribution is -2.37. The van der Waals surface area contributed by atoms with Crippen LogP contribution in [0.15, 0.2) is 48.8 Å². The average molecular weight is 350 g/mol. The molecule has 0 atom stereocenters.